The number of nitrogens with zero attached hydrogens (tertiary/aromatic N) is 1. The van der Waals surface area contributed by atoms with Gasteiger partial charge in [-0.25, -0.2) is 13.1 Å². The van der Waals surface area contributed by atoms with Crippen LogP contribution in [0.25, 0.3) is 0 Å². The number of non-ortho nitro benzene ring substituents is 1. The van der Waals surface area contributed by atoms with Crippen molar-refractivity contribution in [2.24, 2.45) is 0 Å². The van der Waals surface area contributed by atoms with Crippen LogP contribution in [0.3, 0.4) is 0 Å². The molecule has 2 rings (SSSR count). The van der Waals surface area contributed by atoms with E-state index in [1.165, 1.54) is 18.2 Å². The van der Waals surface area contributed by atoms with Gasteiger partial charge in [0.15, 0.2) is 0 Å². The Morgan fingerprint density at radius 3 is 2.60 bits per heavy atom. The summed E-state index contributed by atoms with van der Waals surface area (Å²) in [5.74, 6) is 0. The van der Waals surface area contributed by atoms with Crippen LogP contribution >= 0.6 is 0 Å². The van der Waals surface area contributed by atoms with Gasteiger partial charge >= 0.3 is 0 Å². The van der Waals surface area contributed by atoms with Gasteiger partial charge in [-0.05, 0) is 38.9 Å². The fraction of sp³-hybridized carbons (Fsp3) is 0.500. The second kappa shape index (κ2) is 5.47. The number of hydrogen-bond donors (Lipinski definition) is 2. The van der Waals surface area contributed by atoms with Gasteiger partial charge in [-0.3, -0.25) is 10.1 Å². The molecule has 20 heavy (non-hydrogen) atoms. The number of benzene rings is 1. The largest absolute Gasteiger partial charge is 0.317 e. The first-order valence-electron chi connectivity index (χ1n) is 6.32. The van der Waals surface area contributed by atoms with E-state index in [0.29, 0.717) is 12.8 Å². The fourth-order valence-electron chi connectivity index (χ4n) is 2.23. The Balaban J connectivity index is 2.26. The Hall–Kier alpha value is -1.51. The standard InChI is InChI=1S/C12H17N3O4S/c1-12(5-7-13-8-6-12)14-20(18,19)11-4-2-3-10(9-11)15(16)17/h2-4,9,13-14H,5-8H2,1H3. The lowest BCUT2D eigenvalue weighted by Gasteiger charge is -2.34. The number of rotatable bonds is 4. The molecule has 1 aromatic carbocycles. The summed E-state index contributed by atoms with van der Waals surface area (Å²) in [4.78, 5) is 10.0. The molecule has 1 heterocycles. The van der Waals surface area contributed by atoms with E-state index in [0.717, 1.165) is 19.2 Å². The first kappa shape index (κ1) is 14.9. The lowest BCUT2D eigenvalue weighted by molar-refractivity contribution is -0.385. The molecule has 0 atom stereocenters. The highest BCUT2D eigenvalue weighted by Gasteiger charge is 2.32. The van der Waals surface area contributed by atoms with Crippen molar-refractivity contribution in [3.8, 4) is 0 Å². The SMILES string of the molecule is CC1(NS(=O)(=O)c2cccc([N+](=O)[O-])c2)CCNCC1. The van der Waals surface area contributed by atoms with Crippen LogP contribution in [0.15, 0.2) is 29.2 Å². The van der Waals surface area contributed by atoms with Crippen LogP contribution in [0.5, 0.6) is 0 Å². The molecule has 110 valence electrons. The van der Waals surface area contributed by atoms with E-state index < -0.39 is 20.5 Å². The van der Waals surface area contributed by atoms with Crippen LogP contribution < -0.4 is 10.0 Å². The predicted octanol–water partition coefficient (Wildman–Crippen LogP) is 1.02. The summed E-state index contributed by atoms with van der Waals surface area (Å²) in [6.45, 7) is 3.34. The third kappa shape index (κ3) is 3.33. The fourth-order valence-corrected chi connectivity index (χ4v) is 3.73. The number of nitro benzene ring substituents is 1. The molecule has 0 saturated carbocycles. The molecular formula is C12H17N3O4S. The summed E-state index contributed by atoms with van der Waals surface area (Å²) in [7, 11) is -3.76. The Morgan fingerprint density at radius 1 is 1.35 bits per heavy atom. The van der Waals surface area contributed by atoms with E-state index in [-0.39, 0.29) is 10.6 Å². The zero-order valence-corrected chi connectivity index (χ0v) is 11.9. The van der Waals surface area contributed by atoms with Crippen molar-refractivity contribution in [2.45, 2.75) is 30.2 Å². The molecule has 0 unspecified atom stereocenters. The quantitative estimate of drug-likeness (QED) is 0.638. The minimum atomic E-state index is -3.76. The van der Waals surface area contributed by atoms with Gasteiger partial charge in [-0.2, -0.15) is 0 Å². The number of nitro groups is 1. The van der Waals surface area contributed by atoms with Gasteiger partial charge in [0.05, 0.1) is 9.82 Å². The van der Waals surface area contributed by atoms with Gasteiger partial charge in [0.2, 0.25) is 10.0 Å². The first-order valence-corrected chi connectivity index (χ1v) is 7.80. The molecule has 0 amide bonds. The Kier molecular flexibility index (Phi) is 4.07. The molecule has 7 nitrogen and oxygen atoms in total. The van der Waals surface area contributed by atoms with Crippen molar-refractivity contribution in [1.82, 2.24) is 10.0 Å². The Morgan fingerprint density at radius 2 is 2.00 bits per heavy atom. The summed E-state index contributed by atoms with van der Waals surface area (Å²) in [6.07, 6.45) is 1.36. The second-order valence-corrected chi connectivity index (χ2v) is 6.85. The lowest BCUT2D eigenvalue weighted by atomic mass is 9.92. The molecule has 0 aromatic heterocycles. The molecule has 1 aliphatic heterocycles. The van der Waals surface area contributed by atoms with Crippen molar-refractivity contribution >= 4 is 15.7 Å². The highest BCUT2D eigenvalue weighted by molar-refractivity contribution is 7.89. The highest BCUT2D eigenvalue weighted by Crippen LogP contribution is 2.23. The van der Waals surface area contributed by atoms with E-state index in [1.807, 2.05) is 6.92 Å². The minimum Gasteiger partial charge on any atom is -0.317 e. The van der Waals surface area contributed by atoms with E-state index in [4.69, 9.17) is 0 Å². The molecular weight excluding hydrogens is 282 g/mol. The van der Waals surface area contributed by atoms with Gasteiger partial charge in [-0.15, -0.1) is 0 Å². The summed E-state index contributed by atoms with van der Waals surface area (Å²) in [6, 6.07) is 5.08. The van der Waals surface area contributed by atoms with Crippen LogP contribution in [0.1, 0.15) is 19.8 Å². The maximum atomic E-state index is 12.3. The van der Waals surface area contributed by atoms with E-state index in [9.17, 15) is 18.5 Å². The third-order valence-corrected chi connectivity index (χ3v) is 5.06. The average Bonchev–Trinajstić information content (AvgIpc) is 2.38. The van der Waals surface area contributed by atoms with Gasteiger partial charge < -0.3 is 5.32 Å². The Bertz CT molecular complexity index is 609. The maximum absolute atomic E-state index is 12.3. The molecule has 0 radical (unpaired) electrons. The van der Waals surface area contributed by atoms with E-state index >= 15 is 0 Å². The number of hydrogen-bond acceptors (Lipinski definition) is 5. The predicted molar refractivity (Wildman–Crippen MR) is 73.9 cm³/mol. The maximum Gasteiger partial charge on any atom is 0.270 e. The number of nitrogens with one attached hydrogen (secondary N) is 2. The normalized spacial score (nSPS) is 18.6. The molecule has 8 heteroatoms. The molecule has 1 fully saturated rings. The van der Waals surface area contributed by atoms with Crippen LogP contribution in [0, 0.1) is 10.1 Å². The van der Waals surface area contributed by atoms with E-state index in [1.54, 1.807) is 0 Å². The van der Waals surface area contributed by atoms with Crippen molar-refractivity contribution in [2.75, 3.05) is 13.1 Å². The number of sulfonamides is 1. The van der Waals surface area contributed by atoms with Crippen LogP contribution in [-0.2, 0) is 10.0 Å². The van der Waals surface area contributed by atoms with Gasteiger partial charge in [0, 0.05) is 17.7 Å². The summed E-state index contributed by atoms with van der Waals surface area (Å²) in [5, 5.41) is 13.9. The summed E-state index contributed by atoms with van der Waals surface area (Å²) < 4.78 is 27.3. The third-order valence-electron chi connectivity index (χ3n) is 3.43. The summed E-state index contributed by atoms with van der Waals surface area (Å²) in [5.41, 5.74) is -0.752. The van der Waals surface area contributed by atoms with Gasteiger partial charge in [-0.1, -0.05) is 6.07 Å². The van der Waals surface area contributed by atoms with E-state index in [2.05, 4.69) is 10.0 Å². The summed E-state index contributed by atoms with van der Waals surface area (Å²) >= 11 is 0. The first-order chi connectivity index (χ1) is 9.32. The molecule has 0 aliphatic carbocycles. The van der Waals surface area contributed by atoms with Crippen molar-refractivity contribution < 1.29 is 13.3 Å². The molecule has 1 saturated heterocycles. The number of piperidine rings is 1. The molecule has 2 N–H and O–H groups in total. The lowest BCUT2D eigenvalue weighted by Crippen LogP contribution is -2.52. The smallest absolute Gasteiger partial charge is 0.270 e. The average molecular weight is 299 g/mol. The molecule has 1 aromatic rings. The van der Waals surface area contributed by atoms with Gasteiger partial charge in [0.1, 0.15) is 0 Å². The van der Waals surface area contributed by atoms with Crippen molar-refractivity contribution in [3.63, 3.8) is 0 Å². The second-order valence-electron chi connectivity index (χ2n) is 5.17. The molecule has 0 bridgehead atoms. The minimum absolute atomic E-state index is 0.0774. The van der Waals surface area contributed by atoms with Crippen LogP contribution in [0.4, 0.5) is 5.69 Å². The molecule has 0 spiro atoms. The zero-order chi connectivity index (χ0) is 14.8. The highest BCUT2D eigenvalue weighted by atomic mass is 32.2. The topological polar surface area (TPSA) is 101 Å². The van der Waals surface area contributed by atoms with Gasteiger partial charge in [0.25, 0.3) is 5.69 Å². The van der Waals surface area contributed by atoms with Crippen molar-refractivity contribution in [1.29, 1.82) is 0 Å². The van der Waals surface area contributed by atoms with Crippen molar-refractivity contribution in [3.05, 3.63) is 34.4 Å². The molecule has 1 aliphatic rings. The Labute approximate surface area is 117 Å². The zero-order valence-electron chi connectivity index (χ0n) is 11.1. The van der Waals surface area contributed by atoms with Crippen LogP contribution in [-0.4, -0.2) is 32.0 Å². The monoisotopic (exact) mass is 299 g/mol. The van der Waals surface area contributed by atoms with Crippen LogP contribution in [0.2, 0.25) is 0 Å².